The zero-order chi connectivity index (χ0) is 14.3. The van der Waals surface area contributed by atoms with E-state index in [1.165, 1.54) is 12.1 Å². The first-order chi connectivity index (χ1) is 8.92. The number of halogens is 4. The minimum absolute atomic E-state index is 0.0193. The zero-order valence-electron chi connectivity index (χ0n) is 10.6. The summed E-state index contributed by atoms with van der Waals surface area (Å²) in [6.07, 6.45) is -4.25. The number of hydrogen-bond acceptors (Lipinski definition) is 2. The van der Waals surface area contributed by atoms with Gasteiger partial charge in [-0.3, -0.25) is 0 Å². The minimum atomic E-state index is -4.14. The van der Waals surface area contributed by atoms with Crippen molar-refractivity contribution in [2.24, 2.45) is 5.73 Å². The normalized spacial score (nSPS) is 11.6. The van der Waals surface area contributed by atoms with Crippen molar-refractivity contribution in [3.05, 3.63) is 30.1 Å². The molecule has 2 nitrogen and oxygen atoms in total. The van der Waals surface area contributed by atoms with Crippen LogP contribution in [0.2, 0.25) is 0 Å². The highest BCUT2D eigenvalue weighted by Gasteiger charge is 2.26. The molecule has 108 valence electrons. The van der Waals surface area contributed by atoms with Crippen LogP contribution in [0.1, 0.15) is 19.3 Å². The van der Waals surface area contributed by atoms with Crippen molar-refractivity contribution in [3.8, 4) is 0 Å². The van der Waals surface area contributed by atoms with Crippen LogP contribution in [0.5, 0.6) is 0 Å². The fraction of sp³-hybridized carbons (Fsp3) is 0.538. The van der Waals surface area contributed by atoms with Crippen molar-refractivity contribution in [2.45, 2.75) is 25.4 Å². The van der Waals surface area contributed by atoms with Gasteiger partial charge in [0.05, 0.1) is 0 Å². The summed E-state index contributed by atoms with van der Waals surface area (Å²) in [4.78, 5) is 1.80. The first-order valence-electron chi connectivity index (χ1n) is 6.20. The molecule has 19 heavy (non-hydrogen) atoms. The highest BCUT2D eigenvalue weighted by molar-refractivity contribution is 5.46. The third kappa shape index (κ3) is 6.42. The molecule has 0 amide bonds. The summed E-state index contributed by atoms with van der Waals surface area (Å²) in [6, 6.07) is 5.74. The molecule has 0 heterocycles. The van der Waals surface area contributed by atoms with Gasteiger partial charge in [0.15, 0.2) is 0 Å². The average molecular weight is 278 g/mol. The third-order valence-corrected chi connectivity index (χ3v) is 2.71. The topological polar surface area (TPSA) is 29.3 Å². The van der Waals surface area contributed by atoms with Crippen molar-refractivity contribution < 1.29 is 17.6 Å². The van der Waals surface area contributed by atoms with Crippen molar-refractivity contribution in [2.75, 3.05) is 24.5 Å². The van der Waals surface area contributed by atoms with Gasteiger partial charge in [0, 0.05) is 25.2 Å². The van der Waals surface area contributed by atoms with Gasteiger partial charge in [-0.1, -0.05) is 0 Å². The fourth-order valence-electron chi connectivity index (χ4n) is 1.77. The Bertz CT molecular complexity index is 362. The maximum absolute atomic E-state index is 12.8. The van der Waals surface area contributed by atoms with Crippen LogP contribution in [0.25, 0.3) is 0 Å². The van der Waals surface area contributed by atoms with Crippen LogP contribution in [0.3, 0.4) is 0 Å². The monoisotopic (exact) mass is 278 g/mol. The first kappa shape index (κ1) is 15.8. The number of anilines is 1. The molecular formula is C13H18F4N2. The lowest BCUT2D eigenvalue weighted by Crippen LogP contribution is -2.28. The van der Waals surface area contributed by atoms with Gasteiger partial charge in [-0.25, -0.2) is 4.39 Å². The van der Waals surface area contributed by atoms with Gasteiger partial charge in [-0.05, 0) is 43.7 Å². The van der Waals surface area contributed by atoms with E-state index in [2.05, 4.69) is 0 Å². The molecule has 0 unspecified atom stereocenters. The smallest absolute Gasteiger partial charge is 0.371 e. The summed E-state index contributed by atoms with van der Waals surface area (Å²) >= 11 is 0. The van der Waals surface area contributed by atoms with E-state index < -0.39 is 12.6 Å². The summed E-state index contributed by atoms with van der Waals surface area (Å²) in [6.45, 7) is 1.32. The molecule has 0 aliphatic heterocycles. The standard InChI is InChI=1S/C13H18F4N2/c14-11-3-5-12(6-4-11)19(10-2-8-18)9-1-7-13(15,16)17/h3-6H,1-2,7-10,18H2. The summed E-state index contributed by atoms with van der Waals surface area (Å²) in [7, 11) is 0. The largest absolute Gasteiger partial charge is 0.389 e. The Morgan fingerprint density at radius 3 is 2.11 bits per heavy atom. The predicted octanol–water partition coefficient (Wildman–Crippen LogP) is 3.32. The Balaban J connectivity index is 2.58. The van der Waals surface area contributed by atoms with Gasteiger partial charge in [0.1, 0.15) is 5.82 Å². The van der Waals surface area contributed by atoms with Crippen molar-refractivity contribution in [3.63, 3.8) is 0 Å². The van der Waals surface area contributed by atoms with E-state index in [9.17, 15) is 17.6 Å². The van der Waals surface area contributed by atoms with E-state index in [1.54, 1.807) is 17.0 Å². The summed E-state index contributed by atoms with van der Waals surface area (Å²) < 4.78 is 49.2. The van der Waals surface area contributed by atoms with E-state index in [0.29, 0.717) is 19.5 Å². The molecule has 1 aromatic carbocycles. The van der Waals surface area contributed by atoms with Crippen molar-refractivity contribution in [1.82, 2.24) is 0 Å². The summed E-state index contributed by atoms with van der Waals surface area (Å²) in [5.74, 6) is -0.363. The minimum Gasteiger partial charge on any atom is -0.371 e. The Labute approximate surface area is 110 Å². The van der Waals surface area contributed by atoms with Gasteiger partial charge in [0.25, 0.3) is 0 Å². The fourth-order valence-corrected chi connectivity index (χ4v) is 1.77. The maximum atomic E-state index is 12.8. The molecule has 0 fully saturated rings. The quantitative estimate of drug-likeness (QED) is 0.775. The number of benzene rings is 1. The molecule has 0 saturated heterocycles. The lowest BCUT2D eigenvalue weighted by Gasteiger charge is -2.25. The molecule has 0 aliphatic carbocycles. The molecule has 1 rings (SSSR count). The third-order valence-electron chi connectivity index (χ3n) is 2.71. The van der Waals surface area contributed by atoms with Gasteiger partial charge in [-0.15, -0.1) is 0 Å². The molecular weight excluding hydrogens is 260 g/mol. The van der Waals surface area contributed by atoms with Crippen LogP contribution in [-0.2, 0) is 0 Å². The van der Waals surface area contributed by atoms with Crippen LogP contribution in [0.15, 0.2) is 24.3 Å². The molecule has 6 heteroatoms. The van der Waals surface area contributed by atoms with E-state index in [4.69, 9.17) is 5.73 Å². The molecule has 0 saturated carbocycles. The number of nitrogens with two attached hydrogens (primary N) is 1. The molecule has 0 bridgehead atoms. The van der Waals surface area contributed by atoms with Crippen LogP contribution in [-0.4, -0.2) is 25.8 Å². The highest BCUT2D eigenvalue weighted by Crippen LogP contribution is 2.23. The lowest BCUT2D eigenvalue weighted by atomic mass is 10.2. The number of nitrogens with zero attached hydrogens (tertiary/aromatic N) is 1. The molecule has 1 aromatic rings. The second-order valence-corrected chi connectivity index (χ2v) is 4.32. The molecule has 0 radical (unpaired) electrons. The first-order valence-corrected chi connectivity index (χ1v) is 6.20. The Morgan fingerprint density at radius 2 is 1.58 bits per heavy atom. The predicted molar refractivity (Wildman–Crippen MR) is 67.6 cm³/mol. The van der Waals surface area contributed by atoms with Crippen LogP contribution in [0.4, 0.5) is 23.2 Å². The Kier molecular flexibility index (Phi) is 6.08. The summed E-state index contributed by atoms with van der Waals surface area (Å²) in [5.41, 5.74) is 6.13. The SMILES string of the molecule is NCCCN(CCCC(F)(F)F)c1ccc(F)cc1. The molecule has 0 atom stereocenters. The number of rotatable bonds is 7. The van der Waals surface area contributed by atoms with E-state index in [0.717, 1.165) is 5.69 Å². The number of hydrogen-bond donors (Lipinski definition) is 1. The highest BCUT2D eigenvalue weighted by atomic mass is 19.4. The van der Waals surface area contributed by atoms with Crippen LogP contribution >= 0.6 is 0 Å². The zero-order valence-corrected chi connectivity index (χ0v) is 10.6. The Hall–Kier alpha value is -1.30. The van der Waals surface area contributed by atoms with Crippen molar-refractivity contribution in [1.29, 1.82) is 0 Å². The van der Waals surface area contributed by atoms with E-state index in [-0.39, 0.29) is 18.8 Å². The Morgan fingerprint density at radius 1 is 1.00 bits per heavy atom. The second-order valence-electron chi connectivity index (χ2n) is 4.32. The molecule has 0 aliphatic rings. The second kappa shape index (κ2) is 7.33. The van der Waals surface area contributed by atoms with E-state index in [1.807, 2.05) is 0 Å². The van der Waals surface area contributed by atoms with Crippen LogP contribution < -0.4 is 10.6 Å². The van der Waals surface area contributed by atoms with Gasteiger partial charge in [-0.2, -0.15) is 13.2 Å². The molecule has 0 spiro atoms. The van der Waals surface area contributed by atoms with Gasteiger partial charge >= 0.3 is 6.18 Å². The lowest BCUT2D eigenvalue weighted by molar-refractivity contribution is -0.135. The van der Waals surface area contributed by atoms with Crippen molar-refractivity contribution >= 4 is 5.69 Å². The van der Waals surface area contributed by atoms with Gasteiger partial charge in [0.2, 0.25) is 0 Å². The van der Waals surface area contributed by atoms with Crippen LogP contribution in [0, 0.1) is 5.82 Å². The molecule has 0 aromatic heterocycles. The van der Waals surface area contributed by atoms with E-state index >= 15 is 0 Å². The maximum Gasteiger partial charge on any atom is 0.389 e. The average Bonchev–Trinajstić information content (AvgIpc) is 2.33. The molecule has 2 N–H and O–H groups in total. The van der Waals surface area contributed by atoms with Gasteiger partial charge < -0.3 is 10.6 Å². The number of alkyl halides is 3. The summed E-state index contributed by atoms with van der Waals surface area (Å²) in [5, 5.41) is 0.